The van der Waals surface area contributed by atoms with Gasteiger partial charge in [0.15, 0.2) is 0 Å². The molecule has 1 aromatic rings. The van der Waals surface area contributed by atoms with E-state index >= 15 is 0 Å². The first-order chi connectivity index (χ1) is 7.29. The van der Waals surface area contributed by atoms with E-state index in [1.54, 1.807) is 0 Å². The van der Waals surface area contributed by atoms with Gasteiger partial charge in [0, 0.05) is 28.2 Å². The summed E-state index contributed by atoms with van der Waals surface area (Å²) in [5, 5.41) is 5.33. The van der Waals surface area contributed by atoms with Crippen molar-refractivity contribution in [2.45, 2.75) is 19.8 Å². The SMILES string of the molecule is C=C/C=c1\c(=C/C)c2c(n1C)=CCCC=2. The minimum Gasteiger partial charge on any atom is -0.344 e. The predicted octanol–water partition coefficient (Wildman–Crippen LogP) is 0.147. The summed E-state index contributed by atoms with van der Waals surface area (Å²) in [6.45, 7) is 5.87. The maximum Gasteiger partial charge on any atom is 0.0484 e. The largest absolute Gasteiger partial charge is 0.344 e. The molecule has 15 heavy (non-hydrogen) atoms. The molecule has 2 rings (SSSR count). The number of hydrogen-bond donors (Lipinski definition) is 0. The van der Waals surface area contributed by atoms with E-state index < -0.39 is 0 Å². The second kappa shape index (κ2) is 3.93. The van der Waals surface area contributed by atoms with Crippen LogP contribution in [0.4, 0.5) is 0 Å². The number of fused-ring (bicyclic) bond motifs is 1. The molecule has 0 spiro atoms. The molecule has 1 heterocycles. The standard InChI is InChI=1S/C14H17N/c1-4-8-13-11(5-2)12-9-6-7-10-14(12)15(13)3/h4-5,8-10H,1,6-7H2,2-3H3/b11-5-,13-8+. The Kier molecular flexibility index (Phi) is 2.63. The molecule has 0 saturated heterocycles. The van der Waals surface area contributed by atoms with E-state index in [1.165, 1.54) is 21.1 Å². The molecule has 0 amide bonds. The molecule has 0 bridgehead atoms. The van der Waals surface area contributed by atoms with E-state index in [-0.39, 0.29) is 0 Å². The number of hydrogen-bond acceptors (Lipinski definition) is 0. The first-order valence-corrected chi connectivity index (χ1v) is 5.43. The maximum atomic E-state index is 3.78. The Morgan fingerprint density at radius 1 is 1.33 bits per heavy atom. The zero-order chi connectivity index (χ0) is 10.8. The van der Waals surface area contributed by atoms with Crippen LogP contribution in [0.15, 0.2) is 12.7 Å². The molecule has 1 aromatic heterocycles. The summed E-state index contributed by atoms with van der Waals surface area (Å²) in [5.74, 6) is 0. The molecule has 0 fully saturated rings. The second-order valence-corrected chi connectivity index (χ2v) is 3.83. The third kappa shape index (κ3) is 1.48. The van der Waals surface area contributed by atoms with Gasteiger partial charge in [0.25, 0.3) is 0 Å². The predicted molar refractivity (Wildman–Crippen MR) is 66.9 cm³/mol. The molecule has 0 radical (unpaired) electrons. The maximum absolute atomic E-state index is 3.78. The highest BCUT2D eigenvalue weighted by molar-refractivity contribution is 5.43. The van der Waals surface area contributed by atoms with E-state index in [1.807, 2.05) is 6.08 Å². The lowest BCUT2D eigenvalue weighted by molar-refractivity contribution is 0.847. The molecule has 0 aliphatic heterocycles. The molecule has 0 unspecified atom stereocenters. The Morgan fingerprint density at radius 2 is 2.07 bits per heavy atom. The molecule has 0 N–H and O–H groups in total. The molecule has 1 aliphatic carbocycles. The Balaban J connectivity index is 3.11. The van der Waals surface area contributed by atoms with E-state index in [9.17, 15) is 0 Å². The molecule has 0 atom stereocenters. The third-order valence-corrected chi connectivity index (χ3v) is 2.98. The third-order valence-electron chi connectivity index (χ3n) is 2.98. The van der Waals surface area contributed by atoms with Crippen molar-refractivity contribution in [3.8, 4) is 0 Å². The number of nitrogens with zero attached hydrogens (tertiary/aromatic N) is 1. The van der Waals surface area contributed by atoms with Gasteiger partial charge in [0.05, 0.1) is 0 Å². The van der Waals surface area contributed by atoms with Crippen LogP contribution in [0.2, 0.25) is 0 Å². The van der Waals surface area contributed by atoms with Crippen LogP contribution in [0.1, 0.15) is 19.8 Å². The Morgan fingerprint density at radius 3 is 2.73 bits per heavy atom. The first kappa shape index (κ1) is 10.0. The summed E-state index contributed by atoms with van der Waals surface area (Å²) >= 11 is 0. The molecular weight excluding hydrogens is 182 g/mol. The highest BCUT2D eigenvalue weighted by Gasteiger charge is 2.01. The van der Waals surface area contributed by atoms with E-state index in [0.29, 0.717) is 0 Å². The summed E-state index contributed by atoms with van der Waals surface area (Å²) in [7, 11) is 2.12. The van der Waals surface area contributed by atoms with Gasteiger partial charge >= 0.3 is 0 Å². The lowest BCUT2D eigenvalue weighted by atomic mass is 10.1. The minimum atomic E-state index is 1.15. The Hall–Kier alpha value is -1.50. The number of rotatable bonds is 1. The zero-order valence-electron chi connectivity index (χ0n) is 9.46. The van der Waals surface area contributed by atoms with Gasteiger partial charge < -0.3 is 4.57 Å². The van der Waals surface area contributed by atoms with Crippen LogP contribution in [0.3, 0.4) is 0 Å². The average Bonchev–Trinajstić information content (AvgIpc) is 2.54. The molecular formula is C14H17N. The van der Waals surface area contributed by atoms with Gasteiger partial charge in [0.2, 0.25) is 0 Å². The molecule has 1 nitrogen and oxygen atoms in total. The van der Waals surface area contributed by atoms with Crippen molar-refractivity contribution >= 4 is 24.3 Å². The van der Waals surface area contributed by atoms with Gasteiger partial charge in [-0.05, 0) is 25.8 Å². The number of allylic oxidation sites excluding steroid dienone is 1. The lowest BCUT2D eigenvalue weighted by Gasteiger charge is -1.97. The monoisotopic (exact) mass is 199 g/mol. The van der Waals surface area contributed by atoms with E-state index in [2.05, 4.69) is 49.4 Å². The van der Waals surface area contributed by atoms with Crippen LogP contribution in [-0.2, 0) is 7.05 Å². The van der Waals surface area contributed by atoms with Crippen LogP contribution in [0, 0.1) is 0 Å². The average molecular weight is 199 g/mol. The van der Waals surface area contributed by atoms with Gasteiger partial charge in [-0.3, -0.25) is 0 Å². The summed E-state index contributed by atoms with van der Waals surface area (Å²) in [5.41, 5.74) is 0. The first-order valence-electron chi connectivity index (χ1n) is 5.43. The Labute approximate surface area is 90.0 Å². The molecule has 78 valence electrons. The van der Waals surface area contributed by atoms with Crippen molar-refractivity contribution < 1.29 is 0 Å². The van der Waals surface area contributed by atoms with Crippen molar-refractivity contribution in [2.24, 2.45) is 7.05 Å². The van der Waals surface area contributed by atoms with Gasteiger partial charge in [-0.25, -0.2) is 0 Å². The summed E-state index contributed by atoms with van der Waals surface area (Å²) < 4.78 is 2.25. The number of aromatic nitrogens is 1. The van der Waals surface area contributed by atoms with Crippen molar-refractivity contribution in [2.75, 3.05) is 0 Å². The summed E-state index contributed by atoms with van der Waals surface area (Å²) in [4.78, 5) is 0. The van der Waals surface area contributed by atoms with Gasteiger partial charge in [-0.1, -0.05) is 30.9 Å². The lowest BCUT2D eigenvalue weighted by Crippen LogP contribution is -2.38. The smallest absolute Gasteiger partial charge is 0.0484 e. The summed E-state index contributed by atoms with van der Waals surface area (Å²) in [6.07, 6.45) is 13.1. The van der Waals surface area contributed by atoms with Crippen LogP contribution < -0.4 is 21.1 Å². The quantitative estimate of drug-likeness (QED) is 0.606. The molecule has 0 saturated carbocycles. The fourth-order valence-electron chi connectivity index (χ4n) is 2.29. The highest BCUT2D eigenvalue weighted by Crippen LogP contribution is 1.92. The zero-order valence-corrected chi connectivity index (χ0v) is 9.46. The van der Waals surface area contributed by atoms with E-state index in [0.717, 1.165) is 12.8 Å². The topological polar surface area (TPSA) is 4.93 Å². The van der Waals surface area contributed by atoms with Crippen LogP contribution in [-0.4, -0.2) is 4.57 Å². The van der Waals surface area contributed by atoms with Crippen LogP contribution in [0.5, 0.6) is 0 Å². The summed E-state index contributed by atoms with van der Waals surface area (Å²) in [6, 6.07) is 0. The second-order valence-electron chi connectivity index (χ2n) is 3.83. The van der Waals surface area contributed by atoms with Crippen molar-refractivity contribution in [3.63, 3.8) is 0 Å². The van der Waals surface area contributed by atoms with Crippen molar-refractivity contribution in [1.82, 2.24) is 4.57 Å². The molecule has 1 aliphatic rings. The van der Waals surface area contributed by atoms with Gasteiger partial charge in [0.1, 0.15) is 0 Å². The fraction of sp³-hybridized carbons (Fsp3) is 0.286. The Bertz CT molecular complexity index is 612. The van der Waals surface area contributed by atoms with Crippen molar-refractivity contribution in [1.29, 1.82) is 0 Å². The van der Waals surface area contributed by atoms with E-state index in [4.69, 9.17) is 0 Å². The van der Waals surface area contributed by atoms with Crippen LogP contribution >= 0.6 is 0 Å². The molecule has 0 aromatic carbocycles. The highest BCUT2D eigenvalue weighted by atomic mass is 14.9. The van der Waals surface area contributed by atoms with Crippen molar-refractivity contribution in [3.05, 3.63) is 33.8 Å². The fourth-order valence-corrected chi connectivity index (χ4v) is 2.29. The minimum absolute atomic E-state index is 1.15. The molecule has 1 heteroatoms. The van der Waals surface area contributed by atoms with Crippen LogP contribution in [0.25, 0.3) is 24.3 Å². The normalized spacial score (nSPS) is 16.9. The van der Waals surface area contributed by atoms with Gasteiger partial charge in [-0.2, -0.15) is 0 Å². The van der Waals surface area contributed by atoms with Gasteiger partial charge in [-0.15, -0.1) is 0 Å².